The number of carbonyl (C=O) groups is 1. The van der Waals surface area contributed by atoms with Crippen LogP contribution >= 0.6 is 0 Å². The Kier molecular flexibility index (Phi) is 3.88. The van der Waals surface area contributed by atoms with Gasteiger partial charge in [0.25, 0.3) is 0 Å². The van der Waals surface area contributed by atoms with Crippen molar-refractivity contribution in [3.63, 3.8) is 0 Å². The van der Waals surface area contributed by atoms with Gasteiger partial charge in [0.1, 0.15) is 0 Å². The Labute approximate surface area is 124 Å². The van der Waals surface area contributed by atoms with Crippen molar-refractivity contribution in [1.29, 1.82) is 0 Å². The van der Waals surface area contributed by atoms with Crippen LogP contribution in [0.15, 0.2) is 0 Å². The molecular formula is C16H30O3Si. The average molecular weight is 298 g/mol. The van der Waals surface area contributed by atoms with Crippen molar-refractivity contribution in [2.75, 3.05) is 7.11 Å². The third-order valence-electron chi connectivity index (χ3n) is 6.07. The van der Waals surface area contributed by atoms with Gasteiger partial charge >= 0.3 is 5.97 Å². The van der Waals surface area contributed by atoms with Gasteiger partial charge in [-0.05, 0) is 56.7 Å². The van der Waals surface area contributed by atoms with Gasteiger partial charge in [-0.3, -0.25) is 4.79 Å². The molecule has 0 aromatic heterocycles. The van der Waals surface area contributed by atoms with Crippen molar-refractivity contribution in [2.45, 2.75) is 83.0 Å². The number of carbonyl (C=O) groups excluding carboxylic acids is 1. The van der Waals surface area contributed by atoms with Crippen LogP contribution < -0.4 is 0 Å². The van der Waals surface area contributed by atoms with Gasteiger partial charge in [-0.1, -0.05) is 20.8 Å². The molecule has 0 aromatic carbocycles. The molecule has 3 rings (SSSR count). The van der Waals surface area contributed by atoms with Crippen LogP contribution in [-0.4, -0.2) is 27.0 Å². The number of rotatable bonds is 3. The van der Waals surface area contributed by atoms with E-state index in [2.05, 4.69) is 33.9 Å². The molecule has 3 nitrogen and oxygen atoms in total. The van der Waals surface area contributed by atoms with E-state index in [-0.39, 0.29) is 22.0 Å². The Bertz CT molecular complexity index is 370. The van der Waals surface area contributed by atoms with Crippen molar-refractivity contribution in [1.82, 2.24) is 0 Å². The summed E-state index contributed by atoms with van der Waals surface area (Å²) in [5.41, 5.74) is -0.161. The highest BCUT2D eigenvalue weighted by Crippen LogP contribution is 2.56. The van der Waals surface area contributed by atoms with Gasteiger partial charge in [0.2, 0.25) is 0 Å². The molecular weight excluding hydrogens is 268 g/mol. The Hall–Kier alpha value is -0.353. The summed E-state index contributed by atoms with van der Waals surface area (Å²) in [5, 5.41) is 0.246. The van der Waals surface area contributed by atoms with E-state index < -0.39 is 8.32 Å². The molecule has 0 radical (unpaired) electrons. The molecule has 20 heavy (non-hydrogen) atoms. The smallest absolute Gasteiger partial charge is 0.311 e. The average Bonchev–Trinajstić information content (AvgIpc) is 2.37. The zero-order valence-corrected chi connectivity index (χ0v) is 15.0. The standard InChI is InChI=1S/C16H30O3Si/c1-14(2,3)20(5,6)19-16-10-7-15(8-11-16,9-12-16)13(17)18-4/h7-12H2,1-6H3. The number of ether oxygens (including phenoxy) is 1. The lowest BCUT2D eigenvalue weighted by atomic mass is 9.58. The first-order valence-corrected chi connectivity index (χ1v) is 10.8. The summed E-state index contributed by atoms with van der Waals surface area (Å²) in [7, 11) is -0.223. The maximum atomic E-state index is 12.0. The summed E-state index contributed by atoms with van der Waals surface area (Å²) in [5.74, 6) is -0.00173. The fourth-order valence-corrected chi connectivity index (χ4v) is 5.22. The third kappa shape index (κ3) is 2.57. The molecule has 3 fully saturated rings. The van der Waals surface area contributed by atoms with E-state index in [9.17, 15) is 4.79 Å². The minimum atomic E-state index is -1.74. The molecule has 3 saturated carbocycles. The van der Waals surface area contributed by atoms with Gasteiger partial charge in [0.05, 0.1) is 18.1 Å². The van der Waals surface area contributed by atoms with Gasteiger partial charge in [-0.25, -0.2) is 0 Å². The van der Waals surface area contributed by atoms with Crippen LogP contribution in [0.25, 0.3) is 0 Å². The van der Waals surface area contributed by atoms with Crippen molar-refractivity contribution in [2.24, 2.45) is 5.41 Å². The molecule has 2 bridgehead atoms. The molecule has 4 heteroatoms. The molecule has 0 amide bonds. The van der Waals surface area contributed by atoms with Crippen LogP contribution in [0.5, 0.6) is 0 Å². The first-order chi connectivity index (χ1) is 9.06. The molecule has 0 aromatic rings. The normalized spacial score (nSPS) is 34.1. The van der Waals surface area contributed by atoms with E-state index in [0.29, 0.717) is 0 Å². The lowest BCUT2D eigenvalue weighted by Gasteiger charge is -2.55. The summed E-state index contributed by atoms with van der Waals surface area (Å²) in [6, 6.07) is 0. The first kappa shape index (κ1) is 16.0. The Morgan fingerprint density at radius 3 is 1.80 bits per heavy atom. The molecule has 3 aliphatic carbocycles. The van der Waals surface area contributed by atoms with Gasteiger partial charge in [-0.2, -0.15) is 0 Å². The number of fused-ring (bicyclic) bond motifs is 3. The summed E-state index contributed by atoms with van der Waals surface area (Å²) < 4.78 is 11.8. The zero-order chi connectivity index (χ0) is 15.2. The number of methoxy groups -OCH3 is 1. The lowest BCUT2D eigenvalue weighted by molar-refractivity contribution is -0.167. The molecule has 0 heterocycles. The fourth-order valence-electron chi connectivity index (χ4n) is 3.52. The maximum absolute atomic E-state index is 12.0. The lowest BCUT2D eigenvalue weighted by Crippen LogP contribution is -2.56. The second-order valence-electron chi connectivity index (χ2n) is 8.32. The third-order valence-corrected chi connectivity index (χ3v) is 10.6. The largest absolute Gasteiger partial charge is 0.469 e. The van der Waals surface area contributed by atoms with E-state index in [0.717, 1.165) is 38.5 Å². The molecule has 0 atom stereocenters. The second kappa shape index (κ2) is 4.84. The van der Waals surface area contributed by atoms with Crippen molar-refractivity contribution in [3.05, 3.63) is 0 Å². The number of esters is 1. The van der Waals surface area contributed by atoms with Crippen molar-refractivity contribution >= 4 is 14.3 Å². The minimum Gasteiger partial charge on any atom is -0.469 e. The summed E-state index contributed by atoms with van der Waals surface area (Å²) in [6.07, 6.45) is 5.88. The number of hydrogen-bond donors (Lipinski definition) is 0. The topological polar surface area (TPSA) is 35.5 Å². The molecule has 0 spiro atoms. The van der Waals surface area contributed by atoms with Crippen LogP contribution in [0.2, 0.25) is 18.1 Å². The van der Waals surface area contributed by atoms with Crippen LogP contribution in [0.1, 0.15) is 59.3 Å². The highest BCUT2D eigenvalue weighted by atomic mass is 28.4. The molecule has 0 N–H and O–H groups in total. The molecule has 0 saturated heterocycles. The quantitative estimate of drug-likeness (QED) is 0.576. The van der Waals surface area contributed by atoms with Crippen LogP contribution in [0.3, 0.4) is 0 Å². The van der Waals surface area contributed by atoms with E-state index in [1.807, 2.05) is 0 Å². The van der Waals surface area contributed by atoms with Crippen molar-refractivity contribution < 1.29 is 14.0 Å². The Balaban J connectivity index is 2.10. The van der Waals surface area contributed by atoms with E-state index in [4.69, 9.17) is 9.16 Å². The Morgan fingerprint density at radius 2 is 1.45 bits per heavy atom. The Morgan fingerprint density at radius 1 is 1.00 bits per heavy atom. The van der Waals surface area contributed by atoms with Crippen LogP contribution in [0.4, 0.5) is 0 Å². The van der Waals surface area contributed by atoms with Crippen LogP contribution in [-0.2, 0) is 14.0 Å². The monoisotopic (exact) mass is 298 g/mol. The zero-order valence-electron chi connectivity index (χ0n) is 14.0. The van der Waals surface area contributed by atoms with Gasteiger partial charge in [-0.15, -0.1) is 0 Å². The predicted molar refractivity (Wildman–Crippen MR) is 83.2 cm³/mol. The summed E-state index contributed by atoms with van der Waals surface area (Å²) in [6.45, 7) is 11.5. The predicted octanol–water partition coefficient (Wildman–Crippen LogP) is 4.27. The van der Waals surface area contributed by atoms with Gasteiger partial charge in [0, 0.05) is 0 Å². The van der Waals surface area contributed by atoms with E-state index in [1.165, 1.54) is 7.11 Å². The highest BCUT2D eigenvalue weighted by Gasteiger charge is 2.56. The molecule has 3 aliphatic rings. The van der Waals surface area contributed by atoms with E-state index >= 15 is 0 Å². The fraction of sp³-hybridized carbons (Fsp3) is 0.938. The van der Waals surface area contributed by atoms with Gasteiger partial charge in [0.15, 0.2) is 8.32 Å². The highest BCUT2D eigenvalue weighted by molar-refractivity contribution is 6.74. The second-order valence-corrected chi connectivity index (χ2v) is 13.0. The van der Waals surface area contributed by atoms with Gasteiger partial charge < -0.3 is 9.16 Å². The minimum absolute atomic E-state index is 0.00173. The van der Waals surface area contributed by atoms with Crippen LogP contribution in [0, 0.1) is 5.41 Å². The number of hydrogen-bond acceptors (Lipinski definition) is 3. The molecule has 0 aliphatic heterocycles. The van der Waals surface area contributed by atoms with E-state index in [1.54, 1.807) is 0 Å². The van der Waals surface area contributed by atoms with Crippen molar-refractivity contribution in [3.8, 4) is 0 Å². The summed E-state index contributed by atoms with van der Waals surface area (Å²) in [4.78, 5) is 12.0. The first-order valence-electron chi connectivity index (χ1n) is 7.85. The SMILES string of the molecule is COC(=O)C12CCC(O[Si](C)(C)C(C)(C)C)(CC1)CC2. The summed E-state index contributed by atoms with van der Waals surface area (Å²) >= 11 is 0. The molecule has 0 unspecified atom stereocenters. The maximum Gasteiger partial charge on any atom is 0.311 e. The molecule has 116 valence electrons.